The van der Waals surface area contributed by atoms with Crippen LogP contribution >= 0.6 is 11.3 Å². The Balaban J connectivity index is 2.13. The highest BCUT2D eigenvalue weighted by atomic mass is 32.1. The first kappa shape index (κ1) is 17.1. The van der Waals surface area contributed by atoms with Crippen LogP contribution in [0.2, 0.25) is 0 Å². The lowest BCUT2D eigenvalue weighted by Gasteiger charge is -2.60. The lowest BCUT2D eigenvalue weighted by molar-refractivity contribution is -0.172. The minimum atomic E-state index is -0.690. The summed E-state index contributed by atoms with van der Waals surface area (Å²) in [7, 11) is 0. The summed E-state index contributed by atoms with van der Waals surface area (Å²) in [6.07, 6.45) is 0.599. The van der Waals surface area contributed by atoms with Crippen molar-refractivity contribution in [1.82, 2.24) is 5.32 Å². The van der Waals surface area contributed by atoms with E-state index in [0.29, 0.717) is 22.8 Å². The van der Waals surface area contributed by atoms with Crippen LogP contribution in [0.15, 0.2) is 12.1 Å². The molecule has 0 radical (unpaired) electrons. The maximum Gasteiger partial charge on any atom is 0.261 e. The van der Waals surface area contributed by atoms with E-state index in [1.54, 1.807) is 12.1 Å². The quantitative estimate of drug-likeness (QED) is 0.787. The summed E-state index contributed by atoms with van der Waals surface area (Å²) in [6, 6.07) is 3.30. The Labute approximate surface area is 134 Å². The van der Waals surface area contributed by atoms with Crippen molar-refractivity contribution in [3.8, 4) is 0 Å². The zero-order valence-corrected chi connectivity index (χ0v) is 14.3. The lowest BCUT2D eigenvalue weighted by atomic mass is 9.54. The number of aliphatic hydroxyl groups is 1. The topological polar surface area (TPSA) is 75.6 Å². The van der Waals surface area contributed by atoms with E-state index >= 15 is 0 Å². The smallest absolute Gasteiger partial charge is 0.261 e. The standard InChI is InChI=1S/C16H23NO4S/c1-5-21-13-8-16(9-18,15(13,3)4)17-14(20)12-7-6-11(22-12)10(2)19/h6-7,13,18H,5,8-9H2,1-4H3,(H,17,20). The van der Waals surface area contributed by atoms with Crippen molar-refractivity contribution in [1.29, 1.82) is 0 Å². The van der Waals surface area contributed by atoms with E-state index in [9.17, 15) is 14.7 Å². The van der Waals surface area contributed by atoms with Crippen LogP contribution in [0.5, 0.6) is 0 Å². The third-order valence-electron chi connectivity index (χ3n) is 4.74. The summed E-state index contributed by atoms with van der Waals surface area (Å²) in [5.74, 6) is -0.309. The fourth-order valence-corrected chi connectivity index (χ4v) is 3.72. The van der Waals surface area contributed by atoms with Gasteiger partial charge in [0, 0.05) is 18.4 Å². The number of hydrogen-bond donors (Lipinski definition) is 2. The minimum absolute atomic E-state index is 0.0149. The molecule has 2 atom stereocenters. The Bertz CT molecular complexity index is 580. The van der Waals surface area contributed by atoms with Crippen molar-refractivity contribution in [2.75, 3.05) is 13.2 Å². The fraction of sp³-hybridized carbons (Fsp3) is 0.625. The third-order valence-corrected chi connectivity index (χ3v) is 5.92. The molecule has 5 nitrogen and oxygen atoms in total. The van der Waals surface area contributed by atoms with Gasteiger partial charge in [0.05, 0.1) is 28.0 Å². The van der Waals surface area contributed by atoms with Gasteiger partial charge in [-0.05, 0) is 26.0 Å². The second kappa shape index (κ2) is 6.10. The molecule has 122 valence electrons. The molecule has 1 aliphatic rings. The molecule has 2 N–H and O–H groups in total. The summed E-state index contributed by atoms with van der Waals surface area (Å²) < 4.78 is 5.67. The molecule has 0 bridgehead atoms. The van der Waals surface area contributed by atoms with E-state index < -0.39 is 5.54 Å². The molecule has 1 aliphatic carbocycles. The van der Waals surface area contributed by atoms with Crippen LogP contribution in [-0.4, -0.2) is 41.7 Å². The van der Waals surface area contributed by atoms with Gasteiger partial charge in [0.15, 0.2) is 5.78 Å². The van der Waals surface area contributed by atoms with Crippen molar-refractivity contribution in [3.05, 3.63) is 21.9 Å². The molecule has 1 amide bonds. The van der Waals surface area contributed by atoms with Crippen LogP contribution in [0, 0.1) is 5.41 Å². The summed E-state index contributed by atoms with van der Waals surface area (Å²) in [5, 5.41) is 12.8. The number of hydrogen-bond acceptors (Lipinski definition) is 5. The number of carbonyl (C=O) groups excluding carboxylic acids is 2. The molecule has 6 heteroatoms. The van der Waals surface area contributed by atoms with Gasteiger partial charge in [-0.15, -0.1) is 11.3 Å². The molecule has 1 saturated carbocycles. The Kier molecular flexibility index (Phi) is 4.75. The molecule has 22 heavy (non-hydrogen) atoms. The van der Waals surface area contributed by atoms with Crippen LogP contribution < -0.4 is 5.32 Å². The zero-order valence-electron chi connectivity index (χ0n) is 13.4. The van der Waals surface area contributed by atoms with Gasteiger partial charge >= 0.3 is 0 Å². The molecule has 0 aliphatic heterocycles. The number of Topliss-reactive ketones (excluding diaryl/α,β-unsaturated/α-hetero) is 1. The molecule has 0 saturated heterocycles. The Hall–Kier alpha value is -1.24. The molecule has 2 unspecified atom stereocenters. The molecular formula is C16H23NO4S. The number of thiophene rings is 1. The molecule has 1 fully saturated rings. The van der Waals surface area contributed by atoms with Crippen molar-refractivity contribution in [2.45, 2.75) is 45.8 Å². The van der Waals surface area contributed by atoms with Gasteiger partial charge in [-0.1, -0.05) is 13.8 Å². The summed E-state index contributed by atoms with van der Waals surface area (Å²) in [6.45, 7) is 7.86. The summed E-state index contributed by atoms with van der Waals surface area (Å²) >= 11 is 1.17. The first-order valence-corrected chi connectivity index (χ1v) is 8.25. The van der Waals surface area contributed by atoms with E-state index in [4.69, 9.17) is 4.74 Å². The number of ketones is 1. The van der Waals surface area contributed by atoms with E-state index in [-0.39, 0.29) is 29.8 Å². The second-order valence-corrected chi connectivity index (χ2v) is 7.37. The molecule has 1 aromatic rings. The Morgan fingerprint density at radius 1 is 1.41 bits per heavy atom. The van der Waals surface area contributed by atoms with Crippen LogP contribution in [0.3, 0.4) is 0 Å². The minimum Gasteiger partial charge on any atom is -0.394 e. The average molecular weight is 325 g/mol. The average Bonchev–Trinajstić information content (AvgIpc) is 2.95. The van der Waals surface area contributed by atoms with Gasteiger partial charge < -0.3 is 15.2 Å². The normalized spacial score (nSPS) is 26.3. The number of amides is 1. The second-order valence-electron chi connectivity index (χ2n) is 6.28. The van der Waals surface area contributed by atoms with Crippen LogP contribution in [-0.2, 0) is 4.74 Å². The van der Waals surface area contributed by atoms with E-state index in [2.05, 4.69) is 5.32 Å². The van der Waals surface area contributed by atoms with Crippen molar-refractivity contribution < 1.29 is 19.4 Å². The zero-order chi connectivity index (χ0) is 16.5. The summed E-state index contributed by atoms with van der Waals surface area (Å²) in [4.78, 5) is 24.8. The first-order chi connectivity index (χ1) is 10.3. The number of nitrogens with one attached hydrogen (secondary N) is 1. The lowest BCUT2D eigenvalue weighted by Crippen LogP contribution is -2.74. The first-order valence-electron chi connectivity index (χ1n) is 7.43. The van der Waals surface area contributed by atoms with E-state index in [0.717, 1.165) is 0 Å². The fourth-order valence-electron chi connectivity index (χ4n) is 2.93. The molecule has 0 aromatic carbocycles. The van der Waals surface area contributed by atoms with E-state index in [1.165, 1.54) is 18.3 Å². The summed E-state index contributed by atoms with van der Waals surface area (Å²) in [5.41, 5.74) is -1.04. The number of rotatable bonds is 6. The van der Waals surface area contributed by atoms with Crippen LogP contribution in [0.25, 0.3) is 0 Å². The van der Waals surface area contributed by atoms with Gasteiger partial charge in [0.2, 0.25) is 0 Å². The van der Waals surface area contributed by atoms with Gasteiger partial charge in [-0.25, -0.2) is 0 Å². The molecular weight excluding hydrogens is 302 g/mol. The maximum absolute atomic E-state index is 12.4. The maximum atomic E-state index is 12.4. The largest absolute Gasteiger partial charge is 0.394 e. The number of carbonyl (C=O) groups is 2. The Morgan fingerprint density at radius 2 is 2.05 bits per heavy atom. The van der Waals surface area contributed by atoms with Crippen molar-refractivity contribution in [3.63, 3.8) is 0 Å². The van der Waals surface area contributed by atoms with Gasteiger partial charge in [0.25, 0.3) is 5.91 Å². The van der Waals surface area contributed by atoms with E-state index in [1.807, 2.05) is 20.8 Å². The SMILES string of the molecule is CCOC1CC(CO)(NC(=O)c2ccc(C(C)=O)s2)C1(C)C. The predicted octanol–water partition coefficient (Wildman–Crippen LogP) is 2.25. The number of aliphatic hydroxyl groups excluding tert-OH is 1. The Morgan fingerprint density at radius 3 is 2.50 bits per heavy atom. The molecule has 0 spiro atoms. The highest BCUT2D eigenvalue weighted by molar-refractivity contribution is 7.15. The predicted molar refractivity (Wildman–Crippen MR) is 85.4 cm³/mol. The van der Waals surface area contributed by atoms with Crippen molar-refractivity contribution >= 4 is 23.0 Å². The van der Waals surface area contributed by atoms with Crippen LogP contribution in [0.1, 0.15) is 53.5 Å². The third kappa shape index (κ3) is 2.71. The number of ether oxygens (including phenoxy) is 1. The van der Waals surface area contributed by atoms with Crippen molar-refractivity contribution in [2.24, 2.45) is 5.41 Å². The molecule has 1 heterocycles. The van der Waals surface area contributed by atoms with Gasteiger partial charge in [-0.3, -0.25) is 9.59 Å². The van der Waals surface area contributed by atoms with Crippen LogP contribution in [0.4, 0.5) is 0 Å². The highest BCUT2D eigenvalue weighted by Gasteiger charge is 2.61. The monoisotopic (exact) mass is 325 g/mol. The molecule has 2 rings (SSSR count). The van der Waals surface area contributed by atoms with Gasteiger partial charge in [0.1, 0.15) is 0 Å². The molecule has 1 aromatic heterocycles. The highest BCUT2D eigenvalue weighted by Crippen LogP contribution is 2.51. The van der Waals surface area contributed by atoms with Gasteiger partial charge in [-0.2, -0.15) is 0 Å².